The van der Waals surface area contributed by atoms with Gasteiger partial charge in [0.05, 0.1) is 31.2 Å². The third-order valence-corrected chi connectivity index (χ3v) is 11.2. The second-order valence-corrected chi connectivity index (χ2v) is 19.2. The van der Waals surface area contributed by atoms with Crippen LogP contribution in [0.3, 0.4) is 0 Å². The Morgan fingerprint density at radius 1 is 1.00 bits per heavy atom. The zero-order valence-corrected chi connectivity index (χ0v) is 26.3. The van der Waals surface area contributed by atoms with Gasteiger partial charge in [0.1, 0.15) is 5.82 Å². The molecule has 2 aromatic carbocycles. The molecule has 0 aliphatic carbocycles. The summed E-state index contributed by atoms with van der Waals surface area (Å²) in [5, 5.41) is 15.6. The van der Waals surface area contributed by atoms with Crippen LogP contribution in [0.5, 0.6) is 0 Å². The van der Waals surface area contributed by atoms with Gasteiger partial charge in [0.15, 0.2) is 5.82 Å². The number of hydrogen-bond acceptors (Lipinski definition) is 9. The van der Waals surface area contributed by atoms with Crippen molar-refractivity contribution in [2.45, 2.75) is 32.1 Å². The van der Waals surface area contributed by atoms with E-state index < -0.39 is 18.1 Å². The van der Waals surface area contributed by atoms with Gasteiger partial charge in [-0.15, -0.1) is 0 Å². The van der Waals surface area contributed by atoms with Crippen molar-refractivity contribution in [1.29, 1.82) is 0 Å². The topological polar surface area (TPSA) is 131 Å². The Bertz CT molecular complexity index is 1640. The van der Waals surface area contributed by atoms with E-state index in [4.69, 9.17) is 4.98 Å². The van der Waals surface area contributed by atoms with Crippen molar-refractivity contribution >= 4 is 63.6 Å². The van der Waals surface area contributed by atoms with E-state index in [1.807, 2.05) is 30.5 Å². The number of rotatable bonds is 9. The summed E-state index contributed by atoms with van der Waals surface area (Å²) in [6, 6.07) is 13.3. The Morgan fingerprint density at radius 2 is 1.71 bits per heavy atom. The SMILES string of the molecule is CC(c1cnc(Nc2ccc3c(N4CCN(C)CC4)n[nH]c3c2)nc1Nc1ccccc1NS(C)(=O)=O)[Si](C)(C)C. The Labute approximate surface area is 242 Å². The van der Waals surface area contributed by atoms with Gasteiger partial charge in [0, 0.05) is 49.0 Å². The standard InChI is InChI=1S/C28H39N9O2SSi/c1-19(41(4,5)6)22-18-29-28(32-26(22)31-23-9-7-8-10-24(23)35-40(3,38)39)30-20-11-12-21-25(17-20)33-34-27(21)37-15-13-36(2)14-16-37/h7-12,17-19,35H,13-16H2,1-6H3,(H,33,34)(H2,29,30,31,32). The number of hydrogen-bond donors (Lipinski definition) is 4. The number of sulfonamides is 1. The van der Waals surface area contributed by atoms with Crippen molar-refractivity contribution in [3.8, 4) is 0 Å². The van der Waals surface area contributed by atoms with Gasteiger partial charge in [-0.05, 0) is 42.9 Å². The number of para-hydroxylation sites is 2. The first-order valence-corrected chi connectivity index (χ1v) is 19.2. The third-order valence-electron chi connectivity index (χ3n) is 7.66. The second kappa shape index (κ2) is 11.3. The molecule has 0 radical (unpaired) electrons. The molecule has 2 aromatic heterocycles. The van der Waals surface area contributed by atoms with E-state index in [1.54, 1.807) is 12.1 Å². The van der Waals surface area contributed by atoms with Crippen LogP contribution >= 0.6 is 0 Å². The molecular weight excluding hydrogens is 555 g/mol. The maximum Gasteiger partial charge on any atom is 0.229 e. The van der Waals surface area contributed by atoms with Crippen molar-refractivity contribution in [2.24, 2.45) is 0 Å². The molecule has 1 saturated heterocycles. The molecule has 3 heterocycles. The Balaban J connectivity index is 1.45. The smallest absolute Gasteiger partial charge is 0.229 e. The lowest BCUT2D eigenvalue weighted by molar-refractivity contribution is 0.312. The summed E-state index contributed by atoms with van der Waals surface area (Å²) in [4.78, 5) is 14.2. The number of nitrogens with zero attached hydrogens (tertiary/aromatic N) is 5. The van der Waals surface area contributed by atoms with Crippen LogP contribution in [0.15, 0.2) is 48.7 Å². The number of benzene rings is 2. The van der Waals surface area contributed by atoms with Crippen molar-refractivity contribution < 1.29 is 8.42 Å². The fraction of sp³-hybridized carbons (Fsp3) is 0.393. The molecule has 4 aromatic rings. The second-order valence-electron chi connectivity index (χ2n) is 11.9. The minimum Gasteiger partial charge on any atom is -0.352 e. The third kappa shape index (κ3) is 6.80. The first-order valence-electron chi connectivity index (χ1n) is 13.8. The number of H-pyrrole nitrogens is 1. The highest BCUT2D eigenvalue weighted by atomic mass is 32.2. The largest absolute Gasteiger partial charge is 0.352 e. The van der Waals surface area contributed by atoms with Crippen LogP contribution in [0, 0.1) is 0 Å². The number of fused-ring (bicyclic) bond motifs is 1. The molecule has 5 rings (SSSR count). The predicted molar refractivity (Wildman–Crippen MR) is 171 cm³/mol. The molecule has 0 spiro atoms. The summed E-state index contributed by atoms with van der Waals surface area (Å²) in [5.74, 6) is 2.05. The van der Waals surface area contributed by atoms with E-state index in [1.165, 1.54) is 0 Å². The lowest BCUT2D eigenvalue weighted by atomic mass is 10.2. The lowest BCUT2D eigenvalue weighted by Gasteiger charge is -2.32. The van der Waals surface area contributed by atoms with E-state index >= 15 is 0 Å². The van der Waals surface area contributed by atoms with Gasteiger partial charge in [-0.3, -0.25) is 9.82 Å². The molecule has 1 aliphatic heterocycles. The van der Waals surface area contributed by atoms with Gasteiger partial charge < -0.3 is 20.4 Å². The highest BCUT2D eigenvalue weighted by molar-refractivity contribution is 7.92. The van der Waals surface area contributed by atoms with Crippen LogP contribution in [0.1, 0.15) is 18.0 Å². The zero-order chi connectivity index (χ0) is 29.4. The van der Waals surface area contributed by atoms with Gasteiger partial charge in [-0.25, -0.2) is 13.4 Å². The molecule has 0 bridgehead atoms. The van der Waals surface area contributed by atoms with Crippen LogP contribution in [-0.4, -0.2) is 81.0 Å². The highest BCUT2D eigenvalue weighted by Crippen LogP contribution is 2.35. The summed E-state index contributed by atoms with van der Waals surface area (Å²) in [6.07, 6.45) is 3.01. The van der Waals surface area contributed by atoms with Gasteiger partial charge in [0.2, 0.25) is 16.0 Å². The number of aromatic nitrogens is 4. The fourth-order valence-corrected chi connectivity index (χ4v) is 6.54. The van der Waals surface area contributed by atoms with Crippen LogP contribution < -0.4 is 20.3 Å². The maximum atomic E-state index is 12.0. The zero-order valence-electron chi connectivity index (χ0n) is 24.5. The van der Waals surface area contributed by atoms with Crippen molar-refractivity contribution in [1.82, 2.24) is 25.1 Å². The number of aromatic amines is 1. The van der Waals surface area contributed by atoms with E-state index in [-0.39, 0.29) is 5.54 Å². The predicted octanol–water partition coefficient (Wildman–Crippen LogP) is 4.94. The monoisotopic (exact) mass is 593 g/mol. The maximum absolute atomic E-state index is 12.0. The summed E-state index contributed by atoms with van der Waals surface area (Å²) >= 11 is 0. The van der Waals surface area contributed by atoms with Crippen LogP contribution in [0.4, 0.5) is 34.6 Å². The van der Waals surface area contributed by atoms with Crippen molar-refractivity contribution in [3.63, 3.8) is 0 Å². The van der Waals surface area contributed by atoms with Gasteiger partial charge in [-0.2, -0.15) is 10.1 Å². The lowest BCUT2D eigenvalue weighted by Crippen LogP contribution is -2.44. The summed E-state index contributed by atoms with van der Waals surface area (Å²) in [6.45, 7) is 13.1. The Hall–Kier alpha value is -3.68. The molecule has 41 heavy (non-hydrogen) atoms. The van der Waals surface area contributed by atoms with Gasteiger partial charge in [-0.1, -0.05) is 38.7 Å². The molecule has 1 fully saturated rings. The summed E-state index contributed by atoms with van der Waals surface area (Å²) < 4.78 is 26.6. The van der Waals surface area contributed by atoms with E-state index in [0.29, 0.717) is 23.1 Å². The number of nitrogens with one attached hydrogen (secondary N) is 4. The minimum absolute atomic E-state index is 0.253. The average molecular weight is 594 g/mol. The summed E-state index contributed by atoms with van der Waals surface area (Å²) in [5.41, 5.74) is 4.08. The molecule has 218 valence electrons. The Morgan fingerprint density at radius 3 is 2.39 bits per heavy atom. The fourth-order valence-electron chi connectivity index (χ4n) is 4.81. The quantitative estimate of drug-likeness (QED) is 0.199. The normalized spacial score (nSPS) is 15.6. The van der Waals surface area contributed by atoms with E-state index in [9.17, 15) is 8.42 Å². The molecule has 0 saturated carbocycles. The van der Waals surface area contributed by atoms with E-state index in [2.05, 4.69) is 80.0 Å². The molecule has 1 unspecified atom stereocenters. The molecular formula is C28H39N9O2SSi. The van der Waals surface area contributed by atoms with Gasteiger partial charge >= 0.3 is 0 Å². The van der Waals surface area contributed by atoms with Crippen molar-refractivity contribution in [3.05, 3.63) is 54.2 Å². The molecule has 0 amide bonds. The first kappa shape index (κ1) is 28.8. The van der Waals surface area contributed by atoms with Gasteiger partial charge in [0.25, 0.3) is 0 Å². The highest BCUT2D eigenvalue weighted by Gasteiger charge is 2.28. The van der Waals surface area contributed by atoms with Crippen molar-refractivity contribution in [2.75, 3.05) is 59.7 Å². The van der Waals surface area contributed by atoms with Crippen LogP contribution in [0.2, 0.25) is 19.6 Å². The molecule has 13 heteroatoms. The number of anilines is 6. The van der Waals surface area contributed by atoms with E-state index in [0.717, 1.165) is 60.4 Å². The molecule has 1 atom stereocenters. The number of likely N-dealkylation sites (N-methyl/N-ethyl adjacent to an activating group) is 1. The first-order chi connectivity index (χ1) is 19.4. The molecule has 1 aliphatic rings. The minimum atomic E-state index is -3.46. The number of piperazine rings is 1. The van der Waals surface area contributed by atoms with Crippen LogP contribution in [-0.2, 0) is 10.0 Å². The molecule has 11 nitrogen and oxygen atoms in total. The Kier molecular flexibility index (Phi) is 7.95. The average Bonchev–Trinajstić information content (AvgIpc) is 3.32. The summed E-state index contributed by atoms with van der Waals surface area (Å²) in [7, 11) is -2.92. The molecule has 4 N–H and O–H groups in total. The van der Waals surface area contributed by atoms with Crippen LogP contribution in [0.25, 0.3) is 10.9 Å².